The predicted octanol–water partition coefficient (Wildman–Crippen LogP) is 6.75. The third-order valence-electron chi connectivity index (χ3n) is 8.24. The van der Waals surface area contributed by atoms with Crippen molar-refractivity contribution in [2.75, 3.05) is 5.73 Å². The summed E-state index contributed by atoms with van der Waals surface area (Å²) in [5, 5.41) is 12.7. The minimum atomic E-state index is -0.729. The number of nitrogens with one attached hydrogen (secondary N) is 1. The number of nitrogen functional groups attached to an aromatic ring is 1. The molecule has 0 fully saturated rings. The third-order valence-corrected chi connectivity index (χ3v) is 8.84. The molecule has 3 N–H and O–H groups in total. The first-order chi connectivity index (χ1) is 20.8. The molecule has 0 spiro atoms. The van der Waals surface area contributed by atoms with E-state index in [-0.39, 0.29) is 21.5 Å². The van der Waals surface area contributed by atoms with Gasteiger partial charge in [0, 0.05) is 40.1 Å². The van der Waals surface area contributed by atoms with E-state index in [2.05, 4.69) is 62.3 Å². The second-order valence-electron chi connectivity index (χ2n) is 11.0. The van der Waals surface area contributed by atoms with Crippen LogP contribution in [0.2, 0.25) is 10.0 Å². The van der Waals surface area contributed by atoms with Crippen molar-refractivity contribution < 1.29 is 4.79 Å². The average Bonchev–Trinajstić information content (AvgIpc) is 3.64. The van der Waals surface area contributed by atoms with Gasteiger partial charge in [-0.1, -0.05) is 65.2 Å². The molecule has 3 aromatic carbocycles. The first-order valence-electron chi connectivity index (χ1n) is 13.9. The van der Waals surface area contributed by atoms with Crippen molar-refractivity contribution in [3.05, 3.63) is 124 Å². The molecule has 8 nitrogen and oxygen atoms in total. The van der Waals surface area contributed by atoms with E-state index in [1.807, 2.05) is 30.5 Å². The number of benzene rings is 3. The summed E-state index contributed by atoms with van der Waals surface area (Å²) in [6.45, 7) is 2.61. The minimum absolute atomic E-state index is 0.223. The minimum Gasteiger partial charge on any atom is -0.397 e. The average molecular weight is 609 g/mol. The van der Waals surface area contributed by atoms with Gasteiger partial charge in [-0.2, -0.15) is 0 Å². The first-order valence-corrected chi connectivity index (χ1v) is 14.6. The molecular formula is C33H27Cl2N7O. The normalized spacial score (nSPS) is 16.3. The second-order valence-corrected chi connectivity index (χ2v) is 11.8. The maximum absolute atomic E-state index is 14.1. The summed E-state index contributed by atoms with van der Waals surface area (Å²) >= 11 is 13.4. The highest BCUT2D eigenvalue weighted by Gasteiger charge is 2.40. The van der Waals surface area contributed by atoms with E-state index in [9.17, 15) is 4.79 Å². The summed E-state index contributed by atoms with van der Waals surface area (Å²) in [7, 11) is 0. The van der Waals surface area contributed by atoms with E-state index in [1.165, 1.54) is 5.69 Å². The third kappa shape index (κ3) is 4.73. The van der Waals surface area contributed by atoms with E-state index in [1.54, 1.807) is 35.6 Å². The molecule has 4 heterocycles. The van der Waals surface area contributed by atoms with E-state index in [0.29, 0.717) is 30.8 Å². The van der Waals surface area contributed by atoms with Gasteiger partial charge in [-0.05, 0) is 55.7 Å². The van der Waals surface area contributed by atoms with Crippen LogP contribution in [0.4, 0.5) is 5.69 Å². The van der Waals surface area contributed by atoms with E-state index >= 15 is 0 Å². The zero-order valence-electron chi connectivity index (χ0n) is 23.3. The van der Waals surface area contributed by atoms with Crippen molar-refractivity contribution in [1.29, 1.82) is 0 Å². The Morgan fingerprint density at radius 3 is 2.44 bits per heavy atom. The highest BCUT2D eigenvalue weighted by Crippen LogP contribution is 2.43. The number of pyridine rings is 1. The van der Waals surface area contributed by atoms with Gasteiger partial charge in [-0.25, -0.2) is 0 Å². The predicted molar refractivity (Wildman–Crippen MR) is 170 cm³/mol. The van der Waals surface area contributed by atoms with Gasteiger partial charge in [-0.15, -0.1) is 10.2 Å². The topological polar surface area (TPSA) is 104 Å². The van der Waals surface area contributed by atoms with Gasteiger partial charge in [0.2, 0.25) is 0 Å². The summed E-state index contributed by atoms with van der Waals surface area (Å²) in [6.07, 6.45) is 7.98. The zero-order valence-corrected chi connectivity index (χ0v) is 24.8. The Morgan fingerprint density at radius 1 is 0.977 bits per heavy atom. The summed E-state index contributed by atoms with van der Waals surface area (Å²) in [5.74, 6) is -0.342. The monoisotopic (exact) mass is 607 g/mol. The summed E-state index contributed by atoms with van der Waals surface area (Å²) in [4.78, 5) is 18.5. The van der Waals surface area contributed by atoms with Gasteiger partial charge < -0.3 is 15.6 Å². The number of amides is 1. The van der Waals surface area contributed by atoms with Crippen molar-refractivity contribution in [3.63, 3.8) is 0 Å². The number of carbonyl (C=O) groups excluding carboxylic acids is 1. The smallest absolute Gasteiger partial charge is 0.255 e. The summed E-state index contributed by atoms with van der Waals surface area (Å²) < 4.78 is 4.00. The van der Waals surface area contributed by atoms with E-state index in [0.717, 1.165) is 33.2 Å². The lowest BCUT2D eigenvalue weighted by Crippen LogP contribution is -2.51. The number of fused-ring (bicyclic) bond motifs is 3. The molecule has 0 saturated carbocycles. The summed E-state index contributed by atoms with van der Waals surface area (Å²) in [5.41, 5.74) is 13.5. The Hall–Kier alpha value is -4.66. The number of rotatable bonds is 5. The molecule has 0 aliphatic carbocycles. The van der Waals surface area contributed by atoms with Gasteiger partial charge in [-0.3, -0.25) is 14.3 Å². The maximum atomic E-state index is 14.1. The van der Waals surface area contributed by atoms with Crippen molar-refractivity contribution in [2.24, 2.45) is 0 Å². The largest absolute Gasteiger partial charge is 0.397 e. The SMILES string of the molecule is Cc1ccc2c(c1)c(-c1cncc(N)c1)c1n2C[C@@](NC(=O)c2c(Cl)cc(-n3cnnc3)cc2Cl)(c2ccccc2)CC1. The molecule has 0 unspecified atom stereocenters. The number of hydrogen-bond donors (Lipinski definition) is 2. The van der Waals surface area contributed by atoms with Crippen LogP contribution in [-0.4, -0.2) is 30.2 Å². The number of anilines is 1. The molecule has 1 aliphatic rings. The molecular weight excluding hydrogens is 581 g/mol. The molecule has 1 amide bonds. The molecule has 1 atom stereocenters. The molecule has 43 heavy (non-hydrogen) atoms. The van der Waals surface area contributed by atoms with E-state index in [4.69, 9.17) is 28.9 Å². The number of hydrogen-bond acceptors (Lipinski definition) is 5. The van der Waals surface area contributed by atoms with Crippen molar-refractivity contribution >= 4 is 45.7 Å². The van der Waals surface area contributed by atoms with Crippen LogP contribution < -0.4 is 11.1 Å². The fourth-order valence-corrected chi connectivity index (χ4v) is 6.91. The Balaban J connectivity index is 1.34. The van der Waals surface area contributed by atoms with Crippen LogP contribution in [-0.2, 0) is 18.5 Å². The molecule has 0 radical (unpaired) electrons. The van der Waals surface area contributed by atoms with Crippen molar-refractivity contribution in [2.45, 2.75) is 31.8 Å². The van der Waals surface area contributed by atoms with Gasteiger partial charge >= 0.3 is 0 Å². The molecule has 0 saturated heterocycles. The lowest BCUT2D eigenvalue weighted by molar-refractivity contribution is 0.0868. The Bertz CT molecular complexity index is 1980. The van der Waals surface area contributed by atoms with Crippen LogP contribution in [0.25, 0.3) is 27.7 Å². The standard InChI is InChI=1S/C33H27Cl2N7O/c1-20-7-8-28-25(11-20)30(21-12-23(36)16-37-15-21)29-9-10-33(17-42(28)29,22-5-3-2-4-6-22)40-32(43)31-26(34)13-24(14-27(31)35)41-18-38-39-19-41/h2-8,11-16,18-19H,9-10,17,36H2,1H3,(H,40,43)/t33-/m1/s1. The van der Waals surface area contributed by atoms with Gasteiger partial charge in [0.1, 0.15) is 12.7 Å². The second kappa shape index (κ2) is 10.6. The van der Waals surface area contributed by atoms with Gasteiger partial charge in [0.15, 0.2) is 0 Å². The van der Waals surface area contributed by atoms with Crippen LogP contribution in [0.3, 0.4) is 0 Å². The van der Waals surface area contributed by atoms with Crippen LogP contribution in [0.15, 0.2) is 91.8 Å². The lowest BCUT2D eigenvalue weighted by Gasteiger charge is -2.40. The zero-order chi connectivity index (χ0) is 29.7. The van der Waals surface area contributed by atoms with Gasteiger partial charge in [0.25, 0.3) is 5.91 Å². The number of aryl methyl sites for hydroxylation is 1. The Morgan fingerprint density at radius 2 is 1.72 bits per heavy atom. The fraction of sp³-hybridized carbons (Fsp3) is 0.152. The van der Waals surface area contributed by atoms with E-state index < -0.39 is 5.54 Å². The van der Waals surface area contributed by atoms with Crippen molar-refractivity contribution in [1.82, 2.24) is 29.6 Å². The molecule has 214 valence electrons. The van der Waals surface area contributed by atoms with Crippen LogP contribution in [0.1, 0.15) is 33.6 Å². The highest BCUT2D eigenvalue weighted by atomic mass is 35.5. The Labute approximate surface area is 258 Å². The van der Waals surface area contributed by atoms with Crippen molar-refractivity contribution in [3.8, 4) is 16.8 Å². The number of carbonyl (C=O) groups is 1. The number of nitrogens with zero attached hydrogens (tertiary/aromatic N) is 5. The van der Waals surface area contributed by atoms with Crippen LogP contribution in [0.5, 0.6) is 0 Å². The summed E-state index contributed by atoms with van der Waals surface area (Å²) in [6, 6.07) is 21.9. The molecule has 7 rings (SSSR count). The molecule has 3 aromatic heterocycles. The number of aromatic nitrogens is 5. The molecule has 1 aliphatic heterocycles. The molecule has 10 heteroatoms. The molecule has 0 bridgehead atoms. The fourth-order valence-electron chi connectivity index (χ4n) is 6.27. The highest BCUT2D eigenvalue weighted by molar-refractivity contribution is 6.40. The van der Waals surface area contributed by atoms with Crippen LogP contribution in [0, 0.1) is 6.92 Å². The lowest BCUT2D eigenvalue weighted by atomic mass is 9.81. The number of halogens is 2. The van der Waals surface area contributed by atoms with Gasteiger partial charge in [0.05, 0.1) is 39.1 Å². The Kier molecular flexibility index (Phi) is 6.68. The van der Waals surface area contributed by atoms with Crippen LogP contribution >= 0.6 is 23.2 Å². The molecule has 6 aromatic rings. The quantitative estimate of drug-likeness (QED) is 0.225. The maximum Gasteiger partial charge on any atom is 0.255 e. The first kappa shape index (κ1) is 27.2. The number of nitrogens with two attached hydrogens (primary N) is 1.